The van der Waals surface area contributed by atoms with Gasteiger partial charge in [0, 0.05) is 13.1 Å². The van der Waals surface area contributed by atoms with Crippen molar-refractivity contribution < 1.29 is 19.1 Å². The van der Waals surface area contributed by atoms with Gasteiger partial charge in [-0.2, -0.15) is 0 Å². The van der Waals surface area contributed by atoms with E-state index >= 15 is 0 Å². The molecule has 1 amide bonds. The summed E-state index contributed by atoms with van der Waals surface area (Å²) in [5.74, 6) is -1.59. The Balaban J connectivity index is 1.86. The first-order chi connectivity index (χ1) is 10.5. The first kappa shape index (κ1) is 15.0. The lowest BCUT2D eigenvalue weighted by atomic mass is 9.77. The van der Waals surface area contributed by atoms with Gasteiger partial charge in [0.05, 0.1) is 11.3 Å². The molecule has 0 unspecified atom stereocenters. The van der Waals surface area contributed by atoms with Gasteiger partial charge in [-0.3, -0.25) is 9.59 Å². The molecule has 1 aliphatic heterocycles. The summed E-state index contributed by atoms with van der Waals surface area (Å²) in [4.78, 5) is 25.8. The number of aliphatic carboxylic acids is 1. The van der Waals surface area contributed by atoms with Gasteiger partial charge in [0.15, 0.2) is 0 Å². The van der Waals surface area contributed by atoms with Gasteiger partial charge in [-0.15, -0.1) is 0 Å². The van der Waals surface area contributed by atoms with Crippen LogP contribution in [0.4, 0.5) is 4.39 Å². The van der Waals surface area contributed by atoms with Gasteiger partial charge in [-0.05, 0) is 37.0 Å². The molecular formula is C17H20FNO3. The van der Waals surface area contributed by atoms with Crippen LogP contribution in [-0.4, -0.2) is 35.0 Å². The second-order valence-corrected chi connectivity index (χ2v) is 6.37. The number of nitrogens with zero attached hydrogens (tertiary/aromatic N) is 1. The minimum Gasteiger partial charge on any atom is -0.481 e. The number of carboxylic acids is 1. The van der Waals surface area contributed by atoms with Crippen molar-refractivity contribution in [2.24, 2.45) is 5.92 Å². The lowest BCUT2D eigenvalue weighted by molar-refractivity contribution is -0.142. The normalized spacial score (nSPS) is 23.7. The zero-order valence-electron chi connectivity index (χ0n) is 12.4. The van der Waals surface area contributed by atoms with E-state index in [0.717, 1.165) is 31.2 Å². The van der Waals surface area contributed by atoms with Gasteiger partial charge in [0.2, 0.25) is 5.91 Å². The molecule has 1 saturated heterocycles. The third-order valence-corrected chi connectivity index (χ3v) is 5.09. The first-order valence-electron chi connectivity index (χ1n) is 7.81. The lowest BCUT2D eigenvalue weighted by Crippen LogP contribution is -2.44. The third kappa shape index (κ3) is 2.49. The van der Waals surface area contributed by atoms with Crippen LogP contribution in [0, 0.1) is 11.7 Å². The molecule has 2 aliphatic rings. The standard InChI is InChI=1S/C17H20FNO3/c18-14-5-3-13(4-6-14)17(8-1-2-9-17)16(22)19-10-7-12(11-19)15(20)21/h3-6,12H,1-2,7-11H2,(H,20,21)/t12-/m0/s1. The average Bonchev–Trinajstić information content (AvgIpc) is 3.17. The number of halogens is 1. The second kappa shape index (κ2) is 5.71. The van der Waals surface area contributed by atoms with Crippen molar-refractivity contribution in [2.45, 2.75) is 37.5 Å². The van der Waals surface area contributed by atoms with Crippen LogP contribution in [0.2, 0.25) is 0 Å². The topological polar surface area (TPSA) is 57.6 Å². The highest BCUT2D eigenvalue weighted by atomic mass is 19.1. The molecule has 1 aromatic rings. The zero-order valence-corrected chi connectivity index (χ0v) is 12.4. The van der Waals surface area contributed by atoms with Crippen molar-refractivity contribution in [1.29, 1.82) is 0 Å². The van der Waals surface area contributed by atoms with Crippen molar-refractivity contribution in [1.82, 2.24) is 4.90 Å². The summed E-state index contributed by atoms with van der Waals surface area (Å²) in [5.41, 5.74) is 0.261. The second-order valence-electron chi connectivity index (χ2n) is 6.37. The Kier molecular flexibility index (Phi) is 3.89. The summed E-state index contributed by atoms with van der Waals surface area (Å²) in [7, 11) is 0. The Morgan fingerprint density at radius 2 is 1.82 bits per heavy atom. The van der Waals surface area contributed by atoms with E-state index in [1.807, 2.05) is 0 Å². The predicted octanol–water partition coefficient (Wildman–Crippen LogP) is 2.57. The summed E-state index contributed by atoms with van der Waals surface area (Å²) in [5, 5.41) is 9.11. The maximum atomic E-state index is 13.2. The summed E-state index contributed by atoms with van der Waals surface area (Å²) in [6, 6.07) is 6.19. The number of likely N-dealkylation sites (tertiary alicyclic amines) is 1. The van der Waals surface area contributed by atoms with Crippen molar-refractivity contribution in [3.05, 3.63) is 35.6 Å². The molecule has 4 nitrogen and oxygen atoms in total. The fourth-order valence-electron chi connectivity index (χ4n) is 3.82. The summed E-state index contributed by atoms with van der Waals surface area (Å²) in [6.07, 6.45) is 3.97. The van der Waals surface area contributed by atoms with E-state index < -0.39 is 17.3 Å². The molecule has 22 heavy (non-hydrogen) atoms. The SMILES string of the molecule is O=C(O)[C@H]1CCN(C(=O)C2(c3ccc(F)cc3)CCCC2)C1. The van der Waals surface area contributed by atoms with Crippen LogP contribution < -0.4 is 0 Å². The third-order valence-electron chi connectivity index (χ3n) is 5.09. The van der Waals surface area contributed by atoms with E-state index in [1.165, 1.54) is 12.1 Å². The van der Waals surface area contributed by atoms with E-state index in [2.05, 4.69) is 0 Å². The summed E-state index contributed by atoms with van der Waals surface area (Å²) < 4.78 is 13.2. The molecule has 5 heteroatoms. The Labute approximate surface area is 128 Å². The number of carbonyl (C=O) groups excluding carboxylic acids is 1. The Morgan fingerprint density at radius 1 is 1.18 bits per heavy atom. The smallest absolute Gasteiger partial charge is 0.308 e. The Bertz CT molecular complexity index is 578. The summed E-state index contributed by atoms with van der Waals surface area (Å²) in [6.45, 7) is 0.788. The molecule has 1 heterocycles. The number of carbonyl (C=O) groups is 2. The van der Waals surface area contributed by atoms with Crippen molar-refractivity contribution in [2.75, 3.05) is 13.1 Å². The molecule has 118 valence electrons. The molecule has 0 spiro atoms. The van der Waals surface area contributed by atoms with Crippen LogP contribution in [-0.2, 0) is 15.0 Å². The molecule has 0 aromatic heterocycles. The number of carboxylic acid groups (broad SMARTS) is 1. The van der Waals surface area contributed by atoms with Gasteiger partial charge in [-0.25, -0.2) is 4.39 Å². The maximum absolute atomic E-state index is 13.2. The molecule has 0 radical (unpaired) electrons. The van der Waals surface area contributed by atoms with Crippen LogP contribution in [0.15, 0.2) is 24.3 Å². The van der Waals surface area contributed by atoms with Gasteiger partial charge >= 0.3 is 5.97 Å². The van der Waals surface area contributed by atoms with Crippen molar-refractivity contribution >= 4 is 11.9 Å². The van der Waals surface area contributed by atoms with E-state index in [-0.39, 0.29) is 18.3 Å². The Morgan fingerprint density at radius 3 is 2.36 bits per heavy atom. The molecular weight excluding hydrogens is 285 g/mol. The van der Waals surface area contributed by atoms with Gasteiger partial charge < -0.3 is 10.0 Å². The van der Waals surface area contributed by atoms with E-state index in [9.17, 15) is 14.0 Å². The van der Waals surface area contributed by atoms with Crippen LogP contribution in [0.5, 0.6) is 0 Å². The zero-order chi connectivity index (χ0) is 15.7. The predicted molar refractivity (Wildman–Crippen MR) is 78.9 cm³/mol. The number of amides is 1. The molecule has 1 aliphatic carbocycles. The number of hydrogen-bond donors (Lipinski definition) is 1. The van der Waals surface area contributed by atoms with E-state index in [1.54, 1.807) is 17.0 Å². The van der Waals surface area contributed by atoms with Crippen LogP contribution in [0.1, 0.15) is 37.7 Å². The van der Waals surface area contributed by atoms with Crippen molar-refractivity contribution in [3.63, 3.8) is 0 Å². The summed E-state index contributed by atoms with van der Waals surface area (Å²) >= 11 is 0. The highest BCUT2D eigenvalue weighted by Gasteiger charge is 2.46. The van der Waals surface area contributed by atoms with Gasteiger partial charge in [-0.1, -0.05) is 25.0 Å². The quantitative estimate of drug-likeness (QED) is 0.933. The minimum atomic E-state index is -0.836. The number of hydrogen-bond acceptors (Lipinski definition) is 2. The van der Waals surface area contributed by atoms with E-state index in [4.69, 9.17) is 5.11 Å². The molecule has 1 aromatic carbocycles. The van der Waals surface area contributed by atoms with Gasteiger partial charge in [0.1, 0.15) is 5.82 Å². The average molecular weight is 305 g/mol. The largest absolute Gasteiger partial charge is 0.481 e. The maximum Gasteiger partial charge on any atom is 0.308 e. The first-order valence-corrected chi connectivity index (χ1v) is 7.81. The lowest BCUT2D eigenvalue weighted by Gasteiger charge is -2.33. The minimum absolute atomic E-state index is 0.0142. The van der Waals surface area contributed by atoms with Crippen LogP contribution in [0.25, 0.3) is 0 Å². The molecule has 2 fully saturated rings. The van der Waals surface area contributed by atoms with Crippen LogP contribution in [0.3, 0.4) is 0 Å². The number of rotatable bonds is 3. The fraction of sp³-hybridized carbons (Fsp3) is 0.529. The molecule has 1 N–H and O–H groups in total. The number of benzene rings is 1. The van der Waals surface area contributed by atoms with Crippen LogP contribution >= 0.6 is 0 Å². The highest BCUT2D eigenvalue weighted by Crippen LogP contribution is 2.43. The molecule has 0 bridgehead atoms. The monoisotopic (exact) mass is 305 g/mol. The van der Waals surface area contributed by atoms with Gasteiger partial charge in [0.25, 0.3) is 0 Å². The van der Waals surface area contributed by atoms with Crippen molar-refractivity contribution in [3.8, 4) is 0 Å². The molecule has 3 rings (SSSR count). The molecule has 1 atom stereocenters. The highest BCUT2D eigenvalue weighted by molar-refractivity contribution is 5.89. The van der Waals surface area contributed by atoms with E-state index in [0.29, 0.717) is 13.0 Å². The fourth-order valence-corrected chi connectivity index (χ4v) is 3.82. The molecule has 1 saturated carbocycles. The Hall–Kier alpha value is -1.91.